The summed E-state index contributed by atoms with van der Waals surface area (Å²) < 4.78 is 7.59. The maximum absolute atomic E-state index is 2.73. The van der Waals surface area contributed by atoms with E-state index in [-0.39, 0.29) is 13.4 Å². The van der Waals surface area contributed by atoms with Crippen LogP contribution < -0.4 is 47.5 Å². The lowest BCUT2D eigenvalue weighted by Gasteiger charge is -2.46. The first-order chi connectivity index (χ1) is 46.0. The van der Waals surface area contributed by atoms with Crippen molar-refractivity contribution in [3.63, 3.8) is 0 Å². The minimum atomic E-state index is -0.115. The topological polar surface area (TPSA) is 19.6 Å². The molecule has 0 radical (unpaired) electrons. The Morgan fingerprint density at radius 2 is 0.830 bits per heavy atom. The van der Waals surface area contributed by atoms with E-state index in [1.54, 1.807) is 0 Å². The Balaban J connectivity index is 0.964. The Hall–Kier alpha value is -8.42. The van der Waals surface area contributed by atoms with Crippen LogP contribution in [0.5, 0.6) is 0 Å². The molecule has 18 rings (SSSR count). The van der Waals surface area contributed by atoms with E-state index in [9.17, 15) is 0 Å². The van der Waals surface area contributed by atoms with Gasteiger partial charge >= 0.3 is 0 Å². The fourth-order valence-electron chi connectivity index (χ4n) is 16.8. The second-order valence-corrected chi connectivity index (χ2v) is 30.2. The first-order valence-corrected chi connectivity index (χ1v) is 36.4. The molecule has 2 aromatic heterocycles. The third-order valence-electron chi connectivity index (χ3n) is 20.4. The predicted molar refractivity (Wildman–Crippen MR) is 421 cm³/mol. The van der Waals surface area contributed by atoms with E-state index in [1.165, 1.54) is 172 Å². The third-order valence-corrected chi connectivity index (χ3v) is 23.1. The van der Waals surface area contributed by atoms with E-state index in [2.05, 4.69) is 335 Å². The number of aromatic nitrogens is 2. The molecule has 5 nitrogen and oxygen atoms in total. The average Bonchev–Trinajstić information content (AvgIpc) is 0.808. The zero-order valence-electron chi connectivity index (χ0n) is 53.7. The number of rotatable bonds is 11. The Bertz CT molecular complexity index is 5410. The highest BCUT2D eigenvalue weighted by atomic mass is 127. The molecule has 454 valence electrons. The van der Waals surface area contributed by atoms with Crippen molar-refractivity contribution in [1.82, 2.24) is 9.13 Å². The quantitative estimate of drug-likeness (QED) is 0.0949. The molecule has 10 heteroatoms. The van der Waals surface area contributed by atoms with E-state index < -0.39 is 0 Å². The van der Waals surface area contributed by atoms with Gasteiger partial charge in [0, 0.05) is 95.4 Å². The van der Waals surface area contributed by atoms with Gasteiger partial charge < -0.3 is 23.8 Å². The Morgan fingerprint density at radius 3 is 1.43 bits per heavy atom. The number of benzene rings is 12. The second-order valence-electron chi connectivity index (χ2n) is 26.7. The molecular weight excluding hydrogens is 1390 g/mol. The van der Waals surface area contributed by atoms with Crippen LogP contribution in [0.3, 0.4) is 0 Å². The van der Waals surface area contributed by atoms with E-state index in [0.717, 1.165) is 55.6 Å². The minimum Gasteiger partial charge on any atom is -0.311 e. The molecule has 4 aliphatic heterocycles. The van der Waals surface area contributed by atoms with Crippen molar-refractivity contribution in [3.05, 3.63) is 265 Å². The molecule has 0 saturated heterocycles. The molecule has 0 bridgehead atoms. The van der Waals surface area contributed by atoms with Crippen LogP contribution in [0.25, 0.3) is 55.0 Å². The molecule has 6 heterocycles. The van der Waals surface area contributed by atoms with Crippen molar-refractivity contribution in [2.75, 3.05) is 14.7 Å². The highest BCUT2D eigenvalue weighted by molar-refractivity contribution is 14.1. The summed E-state index contributed by atoms with van der Waals surface area (Å²) in [4.78, 5) is 10.6. The molecule has 94 heavy (non-hydrogen) atoms. The minimum absolute atomic E-state index is 0.0597. The second kappa shape index (κ2) is 22.6. The number of halogens is 2. The van der Waals surface area contributed by atoms with Gasteiger partial charge in [-0.1, -0.05) is 159 Å². The van der Waals surface area contributed by atoms with Gasteiger partial charge in [0.2, 0.25) is 6.71 Å². The van der Waals surface area contributed by atoms with Crippen molar-refractivity contribution in [1.29, 1.82) is 0 Å². The summed E-state index contributed by atoms with van der Waals surface area (Å²) in [6, 6.07) is 87.3. The normalized spacial score (nSPS) is 13.4. The Labute approximate surface area is 582 Å². The largest absolute Gasteiger partial charge is 0.311 e. The lowest BCUT2D eigenvalue weighted by atomic mass is 9.30. The number of hydrogen-bond donors (Lipinski definition) is 0. The van der Waals surface area contributed by atoms with E-state index in [4.69, 9.17) is 0 Å². The van der Waals surface area contributed by atoms with Crippen molar-refractivity contribution < 1.29 is 0 Å². The maximum Gasteiger partial charge on any atom is 0.253 e. The summed E-state index contributed by atoms with van der Waals surface area (Å²) in [5, 5.41) is 5.03. The van der Waals surface area contributed by atoms with Crippen molar-refractivity contribution in [2.45, 2.75) is 89.9 Å². The average molecular weight is 1450 g/mol. The summed E-state index contributed by atoms with van der Waals surface area (Å²) in [6.07, 6.45) is 6.56. The first kappa shape index (κ1) is 58.2. The van der Waals surface area contributed by atoms with Gasteiger partial charge in [0.15, 0.2) is 0 Å². The standard InChI is InChI=1S/C84H67B2I2N5S/c1-7-9-22-54-34-50(3)37-58(42-54)92-75-41-53(6)39-68(88)82(75)85-66-48-67-79(49-73(66)89(57-24-12-11-13-25-57)76-44-60(45-77(92)83(76)85)90-69-30-18-14-26-62(69)63-27-15-19-31-70(63)90)94-80-47-61(91-71-32-20-16-28-64(71)65-29-17-21-33-72(65)91)46-78-84(80)86(67)81-55(23-10-8-2)35-51(4)40-74(81)93(78)59-38-52(5)36-56(87)43-59/h11-21,24-49H,7-10,22-23H2,1-6H3. The van der Waals surface area contributed by atoms with Gasteiger partial charge in [0.05, 0.1) is 27.8 Å². The number of para-hydroxylation sites is 5. The number of fused-ring (bicyclic) bond motifs is 14. The number of anilines is 9. The number of hydrogen-bond acceptors (Lipinski definition) is 4. The third kappa shape index (κ3) is 9.01. The fraction of sp³-hybridized carbons (Fsp3) is 0.143. The van der Waals surface area contributed by atoms with Gasteiger partial charge in [-0.2, -0.15) is 0 Å². The summed E-state index contributed by atoms with van der Waals surface area (Å²) in [6.45, 7) is 13.6. The van der Waals surface area contributed by atoms with Crippen LogP contribution in [-0.4, -0.2) is 22.6 Å². The number of nitrogens with zero attached hydrogens (tertiary/aromatic N) is 5. The van der Waals surface area contributed by atoms with Crippen LogP contribution in [0.2, 0.25) is 0 Å². The lowest BCUT2D eigenvalue weighted by molar-refractivity contribution is 0.794. The Kier molecular flexibility index (Phi) is 14.0. The molecule has 0 spiro atoms. The first-order valence-electron chi connectivity index (χ1n) is 33.5. The molecule has 0 N–H and O–H groups in total. The van der Waals surface area contributed by atoms with Gasteiger partial charge in [-0.15, -0.1) is 0 Å². The Morgan fingerprint density at radius 1 is 0.351 bits per heavy atom. The van der Waals surface area contributed by atoms with Crippen LogP contribution in [-0.2, 0) is 12.8 Å². The van der Waals surface area contributed by atoms with E-state index in [1.807, 2.05) is 11.8 Å². The van der Waals surface area contributed by atoms with Crippen LogP contribution in [0.1, 0.15) is 72.9 Å². The highest BCUT2D eigenvalue weighted by Crippen LogP contribution is 2.51. The molecule has 0 amide bonds. The van der Waals surface area contributed by atoms with Gasteiger partial charge in [0.1, 0.15) is 0 Å². The predicted octanol–water partition coefficient (Wildman–Crippen LogP) is 19.9. The maximum atomic E-state index is 2.73. The van der Waals surface area contributed by atoms with E-state index in [0.29, 0.717) is 0 Å². The SMILES string of the molecule is CCCCc1cc(C)cc(N2c3cc(C)cc(I)c3B3c4cc5c(cc4N(c4ccccc4)c4cc(-n6c7ccccc7c7ccccc76)cc2c43)Sc2cc(-n3c4ccccc4c4ccccc43)cc3c2B5c2c(CCCC)cc(C)cc2N3c2cc(C)cc(I)c2)c1. The van der Waals surface area contributed by atoms with E-state index >= 15 is 0 Å². The summed E-state index contributed by atoms with van der Waals surface area (Å²) in [5.41, 5.74) is 34.2. The van der Waals surface area contributed by atoms with Gasteiger partial charge in [-0.25, -0.2) is 0 Å². The molecule has 0 aliphatic carbocycles. The zero-order chi connectivity index (χ0) is 63.4. The molecular formula is C84H67B2I2N5S. The van der Waals surface area contributed by atoms with Gasteiger partial charge in [-0.05, 0) is 269 Å². The van der Waals surface area contributed by atoms with Crippen molar-refractivity contribution >= 4 is 198 Å². The van der Waals surface area contributed by atoms with Crippen molar-refractivity contribution in [3.8, 4) is 11.4 Å². The van der Waals surface area contributed by atoms with Crippen LogP contribution in [0.4, 0.5) is 51.2 Å². The van der Waals surface area contributed by atoms with Crippen molar-refractivity contribution in [2.24, 2.45) is 0 Å². The number of aryl methyl sites for hydroxylation is 6. The molecule has 0 fully saturated rings. The van der Waals surface area contributed by atoms with Gasteiger partial charge in [-0.3, -0.25) is 0 Å². The molecule has 0 saturated carbocycles. The monoisotopic (exact) mass is 1450 g/mol. The van der Waals surface area contributed by atoms with Crippen LogP contribution in [0.15, 0.2) is 234 Å². The summed E-state index contributed by atoms with van der Waals surface area (Å²) >= 11 is 7.23. The fourth-order valence-corrected chi connectivity index (χ4v) is 19.9. The molecule has 0 unspecified atom stereocenters. The molecule has 12 aromatic carbocycles. The summed E-state index contributed by atoms with van der Waals surface area (Å²) in [7, 11) is 0. The van der Waals surface area contributed by atoms with Gasteiger partial charge in [0.25, 0.3) is 6.71 Å². The highest BCUT2D eigenvalue weighted by Gasteiger charge is 2.49. The lowest BCUT2D eigenvalue weighted by Crippen LogP contribution is -2.65. The summed E-state index contributed by atoms with van der Waals surface area (Å²) in [5.74, 6) is 0. The molecule has 14 aromatic rings. The molecule has 4 aliphatic rings. The molecule has 0 atom stereocenters. The van der Waals surface area contributed by atoms with Crippen LogP contribution >= 0.6 is 56.9 Å². The van der Waals surface area contributed by atoms with Crippen LogP contribution in [0, 0.1) is 34.8 Å². The smallest absolute Gasteiger partial charge is 0.253 e. The number of unbranched alkanes of at least 4 members (excludes halogenated alkanes) is 2. The zero-order valence-corrected chi connectivity index (χ0v) is 58.8.